The molecule has 0 aromatic heterocycles. The molecule has 0 radical (unpaired) electrons. The monoisotopic (exact) mass is 236 g/mol. The molecule has 0 atom stereocenters. The Hall–Kier alpha value is -1.02. The van der Waals surface area contributed by atoms with E-state index in [1.807, 2.05) is 6.07 Å². The first kappa shape index (κ1) is 8.98. The van der Waals surface area contributed by atoms with Crippen molar-refractivity contribution in [3.63, 3.8) is 0 Å². The number of ether oxygens (including phenoxy) is 1. The molecule has 0 bridgehead atoms. The Balaban J connectivity index is 2.49. The maximum Gasteiger partial charge on any atom is 0.122 e. The Labute approximate surface area is 109 Å². The third kappa shape index (κ3) is 2.47. The molecule has 1 aliphatic heterocycles. The maximum atomic E-state index is 7.35. The molecular weight excluding hydrogens is 210 g/mol. The van der Waals surface area contributed by atoms with Crippen LogP contribution in [0.5, 0.6) is 5.75 Å². The second-order valence-corrected chi connectivity index (χ2v) is 5.96. The van der Waals surface area contributed by atoms with E-state index in [1.165, 1.54) is 11.1 Å². The Kier molecular flexibility index (Phi) is 2.29. The molecule has 0 aliphatic carbocycles. The molecule has 0 saturated heterocycles. The minimum absolute atomic E-state index is 0.147. The van der Waals surface area contributed by atoms with Crippen molar-refractivity contribution in [1.82, 2.24) is 4.90 Å². The predicted molar refractivity (Wildman–Crippen MR) is 71.7 cm³/mol. The zero-order valence-electron chi connectivity index (χ0n) is 14.1. The van der Waals surface area contributed by atoms with Gasteiger partial charge in [0.1, 0.15) is 5.75 Å². The van der Waals surface area contributed by atoms with Crippen molar-refractivity contribution < 1.29 is 8.85 Å². The fourth-order valence-corrected chi connectivity index (χ4v) is 2.40. The zero-order valence-corrected chi connectivity index (χ0v) is 11.1. The van der Waals surface area contributed by atoms with Gasteiger partial charge < -0.3 is 9.64 Å². The van der Waals surface area contributed by atoms with E-state index in [2.05, 4.69) is 38.8 Å². The molecule has 0 N–H and O–H groups in total. The lowest BCUT2D eigenvalue weighted by Crippen LogP contribution is -2.27. The van der Waals surface area contributed by atoms with E-state index in [-0.39, 0.29) is 5.41 Å². The van der Waals surface area contributed by atoms with Crippen LogP contribution in [0.25, 0.3) is 0 Å². The second kappa shape index (κ2) is 4.34. The average molecular weight is 236 g/mol. The molecule has 1 aromatic rings. The molecular formula is C15H23NO. The van der Waals surface area contributed by atoms with Gasteiger partial charge in [0.2, 0.25) is 0 Å². The minimum atomic E-state index is -2.40. The van der Waals surface area contributed by atoms with Crippen LogP contribution in [0.3, 0.4) is 0 Å². The standard InChI is InChI=1S/C15H23NO/c1-15(2,3)13-8-12-10-16(4)7-6-11(12)9-14(13)17-5/h8-9H,6-7,10H2,1-5H3/i5D3. The van der Waals surface area contributed by atoms with E-state index in [1.54, 1.807) is 0 Å². The molecule has 1 heterocycles. The lowest BCUT2D eigenvalue weighted by atomic mass is 9.83. The van der Waals surface area contributed by atoms with Gasteiger partial charge in [-0.1, -0.05) is 26.8 Å². The summed E-state index contributed by atoms with van der Waals surface area (Å²) in [5.41, 5.74) is 3.30. The van der Waals surface area contributed by atoms with Crippen molar-refractivity contribution in [2.24, 2.45) is 0 Å². The highest BCUT2D eigenvalue weighted by atomic mass is 16.5. The van der Waals surface area contributed by atoms with Crippen molar-refractivity contribution in [3.8, 4) is 5.75 Å². The highest BCUT2D eigenvalue weighted by Crippen LogP contribution is 2.35. The van der Waals surface area contributed by atoms with Crippen LogP contribution in [-0.2, 0) is 18.4 Å². The fraction of sp³-hybridized carbons (Fsp3) is 0.600. The van der Waals surface area contributed by atoms with E-state index in [9.17, 15) is 0 Å². The van der Waals surface area contributed by atoms with Crippen molar-refractivity contribution in [2.75, 3.05) is 20.6 Å². The number of hydrogen-bond donors (Lipinski definition) is 0. The molecule has 2 heteroatoms. The largest absolute Gasteiger partial charge is 0.496 e. The molecule has 0 saturated carbocycles. The Morgan fingerprint density at radius 2 is 2.06 bits per heavy atom. The summed E-state index contributed by atoms with van der Waals surface area (Å²) < 4.78 is 27.3. The summed E-state index contributed by atoms with van der Waals surface area (Å²) >= 11 is 0. The second-order valence-electron chi connectivity index (χ2n) is 5.96. The summed E-state index contributed by atoms with van der Waals surface area (Å²) in [5, 5.41) is 0. The van der Waals surface area contributed by atoms with E-state index in [0.29, 0.717) is 5.75 Å². The van der Waals surface area contributed by atoms with Gasteiger partial charge in [0, 0.05) is 13.1 Å². The van der Waals surface area contributed by atoms with E-state index >= 15 is 0 Å². The number of nitrogens with zero attached hydrogens (tertiary/aromatic N) is 1. The summed E-state index contributed by atoms with van der Waals surface area (Å²) in [6.07, 6.45) is 0.938. The number of methoxy groups -OCH3 is 1. The highest BCUT2D eigenvalue weighted by molar-refractivity contribution is 5.46. The van der Waals surface area contributed by atoms with Gasteiger partial charge in [0.15, 0.2) is 0 Å². The van der Waals surface area contributed by atoms with Crippen LogP contribution in [0.15, 0.2) is 12.1 Å². The number of rotatable bonds is 1. The first-order chi connectivity index (χ1) is 9.06. The first-order valence-corrected chi connectivity index (χ1v) is 6.10. The van der Waals surface area contributed by atoms with Crippen LogP contribution >= 0.6 is 0 Å². The molecule has 2 nitrogen and oxygen atoms in total. The minimum Gasteiger partial charge on any atom is -0.496 e. The summed E-state index contributed by atoms with van der Waals surface area (Å²) in [4.78, 5) is 2.28. The average Bonchev–Trinajstić information content (AvgIpc) is 2.25. The van der Waals surface area contributed by atoms with Gasteiger partial charge in [-0.2, -0.15) is 0 Å². The van der Waals surface area contributed by atoms with E-state index in [4.69, 9.17) is 8.85 Å². The maximum absolute atomic E-state index is 7.35. The lowest BCUT2D eigenvalue weighted by molar-refractivity contribution is 0.311. The third-order valence-corrected chi connectivity index (χ3v) is 3.42. The summed E-state index contributed by atoms with van der Waals surface area (Å²) in [6.45, 7) is 8.14. The molecule has 1 aromatic carbocycles. The van der Waals surface area contributed by atoms with Gasteiger partial charge in [-0.05, 0) is 41.6 Å². The quantitative estimate of drug-likeness (QED) is 0.743. The molecule has 0 unspecified atom stereocenters. The van der Waals surface area contributed by atoms with E-state index < -0.39 is 7.04 Å². The van der Waals surface area contributed by atoms with Crippen LogP contribution in [0.1, 0.15) is 41.6 Å². The van der Waals surface area contributed by atoms with Crippen LogP contribution in [0.2, 0.25) is 0 Å². The molecule has 0 spiro atoms. The van der Waals surface area contributed by atoms with Gasteiger partial charge in [-0.25, -0.2) is 0 Å². The summed E-state index contributed by atoms with van der Waals surface area (Å²) in [6, 6.07) is 4.04. The van der Waals surface area contributed by atoms with Crippen molar-refractivity contribution in [1.29, 1.82) is 0 Å². The van der Waals surface area contributed by atoms with Gasteiger partial charge in [0.05, 0.1) is 11.2 Å². The SMILES string of the molecule is [2H]C([2H])([2H])Oc1cc2c(cc1C(C)(C)C)CN(C)CC2. The van der Waals surface area contributed by atoms with Gasteiger partial charge in [-0.15, -0.1) is 0 Å². The Morgan fingerprint density at radius 3 is 2.71 bits per heavy atom. The highest BCUT2D eigenvalue weighted by Gasteiger charge is 2.23. The first-order valence-electron chi connectivity index (χ1n) is 7.60. The number of benzene rings is 1. The van der Waals surface area contributed by atoms with Crippen LogP contribution in [0, 0.1) is 0 Å². The summed E-state index contributed by atoms with van der Waals surface area (Å²) in [5.74, 6) is 0.501. The van der Waals surface area contributed by atoms with Crippen LogP contribution < -0.4 is 4.74 Å². The Bertz CT molecular complexity index is 503. The van der Waals surface area contributed by atoms with Crippen molar-refractivity contribution in [2.45, 2.75) is 39.2 Å². The topological polar surface area (TPSA) is 12.5 Å². The normalized spacial score (nSPS) is 20.1. The van der Waals surface area contributed by atoms with Gasteiger partial charge in [-0.3, -0.25) is 0 Å². The predicted octanol–water partition coefficient (Wildman–Crippen LogP) is 2.98. The van der Waals surface area contributed by atoms with Gasteiger partial charge in [0.25, 0.3) is 0 Å². The molecule has 17 heavy (non-hydrogen) atoms. The lowest BCUT2D eigenvalue weighted by Gasteiger charge is -2.29. The third-order valence-electron chi connectivity index (χ3n) is 3.42. The molecule has 1 aliphatic rings. The number of likely N-dealkylation sites (N-methyl/N-ethyl adjacent to an activating group) is 1. The number of fused-ring (bicyclic) bond motifs is 1. The molecule has 2 rings (SSSR count). The van der Waals surface area contributed by atoms with Crippen molar-refractivity contribution >= 4 is 0 Å². The molecule has 94 valence electrons. The number of hydrogen-bond acceptors (Lipinski definition) is 2. The van der Waals surface area contributed by atoms with Gasteiger partial charge >= 0.3 is 0 Å². The Morgan fingerprint density at radius 1 is 1.29 bits per heavy atom. The van der Waals surface area contributed by atoms with E-state index in [0.717, 1.165) is 25.1 Å². The smallest absolute Gasteiger partial charge is 0.122 e. The summed E-state index contributed by atoms with van der Waals surface area (Å²) in [7, 11) is -0.299. The fourth-order valence-electron chi connectivity index (χ4n) is 2.40. The molecule has 0 amide bonds. The van der Waals surface area contributed by atoms with Crippen LogP contribution in [0.4, 0.5) is 0 Å². The zero-order chi connectivity index (χ0) is 15.1. The van der Waals surface area contributed by atoms with Crippen molar-refractivity contribution in [3.05, 3.63) is 28.8 Å². The molecule has 0 fully saturated rings. The van der Waals surface area contributed by atoms with Crippen LogP contribution in [-0.4, -0.2) is 25.5 Å².